The molecule has 3 fully saturated rings. The van der Waals surface area contributed by atoms with Crippen molar-refractivity contribution in [3.63, 3.8) is 0 Å². The highest BCUT2D eigenvalue weighted by molar-refractivity contribution is 5.82. The van der Waals surface area contributed by atoms with E-state index >= 15 is 0 Å². The molecule has 0 saturated heterocycles. The van der Waals surface area contributed by atoms with Crippen LogP contribution >= 0.6 is 0 Å². The smallest absolute Gasteiger partial charge is 0.307 e. The van der Waals surface area contributed by atoms with Gasteiger partial charge in [-0.15, -0.1) is 0 Å². The van der Waals surface area contributed by atoms with Crippen LogP contribution in [0.5, 0.6) is 0 Å². The molecule has 0 aliphatic heterocycles. The molecule has 6 atom stereocenters. The molecule has 392 valence electrons. The number of carboxylic acid groups (broad SMARTS) is 3. The Hall–Kier alpha value is -1.71. The number of carboxylic acids is 3. The fourth-order valence-electron chi connectivity index (χ4n) is 11.0. The van der Waals surface area contributed by atoms with E-state index in [-0.39, 0.29) is 0 Å². The first-order chi connectivity index (χ1) is 31.9. The molecular formula is C57H113N3O6. The summed E-state index contributed by atoms with van der Waals surface area (Å²) in [6.45, 7) is 9.94. The van der Waals surface area contributed by atoms with Crippen LogP contribution in [0.3, 0.4) is 0 Å². The van der Waals surface area contributed by atoms with Crippen LogP contribution in [0.4, 0.5) is 0 Å². The van der Waals surface area contributed by atoms with Crippen LogP contribution < -0.4 is 17.2 Å². The lowest BCUT2D eigenvalue weighted by Crippen LogP contribution is -2.20. The molecule has 0 spiro atoms. The third-order valence-electron chi connectivity index (χ3n) is 15.0. The first-order valence-corrected chi connectivity index (χ1v) is 28.7. The summed E-state index contributed by atoms with van der Waals surface area (Å²) in [7, 11) is 0. The minimum Gasteiger partial charge on any atom is -0.481 e. The fraction of sp³-hybridized carbons (Fsp3) is 0.947. The first kappa shape index (κ1) is 64.3. The van der Waals surface area contributed by atoms with E-state index in [2.05, 4.69) is 20.8 Å². The third kappa shape index (κ3) is 43.6. The van der Waals surface area contributed by atoms with Crippen molar-refractivity contribution in [2.75, 3.05) is 19.6 Å². The highest BCUT2D eigenvalue weighted by Gasteiger charge is 2.24. The third-order valence-corrected chi connectivity index (χ3v) is 15.0. The van der Waals surface area contributed by atoms with Gasteiger partial charge in [0.2, 0.25) is 0 Å². The van der Waals surface area contributed by atoms with E-state index in [9.17, 15) is 14.4 Å². The molecule has 0 aromatic heterocycles. The molecule has 9 N–H and O–H groups in total. The largest absolute Gasteiger partial charge is 0.481 e. The highest BCUT2D eigenvalue weighted by Crippen LogP contribution is 2.34. The summed E-state index contributed by atoms with van der Waals surface area (Å²) in [5.74, 6) is 0.839. The Morgan fingerprint density at radius 1 is 0.379 bits per heavy atom. The monoisotopic (exact) mass is 936 g/mol. The molecule has 3 aliphatic rings. The van der Waals surface area contributed by atoms with E-state index in [0.717, 1.165) is 55.1 Å². The molecular weight excluding hydrogens is 823 g/mol. The molecule has 0 radical (unpaired) electrons. The highest BCUT2D eigenvalue weighted by atomic mass is 16.4. The summed E-state index contributed by atoms with van der Waals surface area (Å²) in [4.78, 5) is 30.3. The summed E-state index contributed by atoms with van der Waals surface area (Å²) < 4.78 is 0. The van der Waals surface area contributed by atoms with Gasteiger partial charge in [-0.3, -0.25) is 14.4 Å². The van der Waals surface area contributed by atoms with Crippen molar-refractivity contribution in [2.45, 2.75) is 284 Å². The average molecular weight is 937 g/mol. The predicted octanol–water partition coefficient (Wildman–Crippen LogP) is 15.5. The quantitative estimate of drug-likeness (QED) is 0.0336. The Morgan fingerprint density at radius 3 is 0.803 bits per heavy atom. The Morgan fingerprint density at radius 2 is 0.606 bits per heavy atom. The second-order valence-corrected chi connectivity index (χ2v) is 21.9. The molecule has 9 nitrogen and oxygen atoms in total. The zero-order valence-electron chi connectivity index (χ0n) is 44.0. The Balaban J connectivity index is 0.000000864. The molecule has 6 unspecified atom stereocenters. The van der Waals surface area contributed by atoms with Gasteiger partial charge in [0, 0.05) is 0 Å². The topological polar surface area (TPSA) is 190 Å². The first-order valence-electron chi connectivity index (χ1n) is 28.7. The van der Waals surface area contributed by atoms with E-state index in [4.69, 9.17) is 32.5 Å². The molecule has 0 amide bonds. The van der Waals surface area contributed by atoms with Gasteiger partial charge in [-0.2, -0.15) is 0 Å². The minimum absolute atomic E-state index is 0.665. The summed E-state index contributed by atoms with van der Waals surface area (Å²) in [5.41, 5.74) is 16.5. The van der Waals surface area contributed by atoms with Gasteiger partial charge in [-0.25, -0.2) is 0 Å². The SMILES string of the molecule is CC1CCCC(CCCCCCCCCCN)C1.CC1CCCC(CCCCCCCCCCN)C1.CC1CCCC(CCCCCCCCCCN)C1.O=C(O)CC(CC(=O)O)C(=O)O. The van der Waals surface area contributed by atoms with Crippen molar-refractivity contribution in [1.29, 1.82) is 0 Å². The summed E-state index contributed by atoms with van der Waals surface area (Å²) in [6, 6.07) is 0. The van der Waals surface area contributed by atoms with Crippen LogP contribution in [-0.4, -0.2) is 52.9 Å². The minimum atomic E-state index is -1.40. The van der Waals surface area contributed by atoms with Crippen LogP contribution in [-0.2, 0) is 14.4 Å². The Kier molecular flexibility index (Phi) is 45.8. The summed E-state index contributed by atoms with van der Waals surface area (Å²) in [5, 5.41) is 24.7. The number of hydrogen-bond acceptors (Lipinski definition) is 6. The number of nitrogens with two attached hydrogens (primary N) is 3. The predicted molar refractivity (Wildman–Crippen MR) is 281 cm³/mol. The van der Waals surface area contributed by atoms with E-state index in [1.807, 2.05) is 0 Å². The molecule has 0 aromatic carbocycles. The van der Waals surface area contributed by atoms with Crippen molar-refractivity contribution in [3.05, 3.63) is 0 Å². The van der Waals surface area contributed by atoms with Gasteiger partial charge in [0.25, 0.3) is 0 Å². The van der Waals surface area contributed by atoms with Crippen molar-refractivity contribution in [1.82, 2.24) is 0 Å². The Labute approximate surface area is 408 Å². The molecule has 0 heterocycles. The van der Waals surface area contributed by atoms with Gasteiger partial charge in [-0.05, 0) is 93.7 Å². The van der Waals surface area contributed by atoms with E-state index in [0.29, 0.717) is 0 Å². The number of hydrogen-bond donors (Lipinski definition) is 6. The molecule has 66 heavy (non-hydrogen) atoms. The maximum atomic E-state index is 10.2. The zero-order valence-corrected chi connectivity index (χ0v) is 44.0. The van der Waals surface area contributed by atoms with Crippen LogP contribution in [0.15, 0.2) is 0 Å². The second-order valence-electron chi connectivity index (χ2n) is 21.9. The Bertz CT molecular complexity index is 981. The lowest BCUT2D eigenvalue weighted by molar-refractivity contribution is -0.152. The number of unbranched alkanes of at least 4 members (excludes halogenated alkanes) is 21. The van der Waals surface area contributed by atoms with Gasteiger partial charge in [0.1, 0.15) is 0 Å². The number of rotatable bonds is 35. The van der Waals surface area contributed by atoms with Gasteiger partial charge < -0.3 is 32.5 Å². The van der Waals surface area contributed by atoms with Gasteiger partial charge >= 0.3 is 17.9 Å². The van der Waals surface area contributed by atoms with Crippen molar-refractivity contribution in [2.24, 2.45) is 58.6 Å². The summed E-state index contributed by atoms with van der Waals surface area (Å²) in [6.07, 6.45) is 55.0. The maximum Gasteiger partial charge on any atom is 0.307 e. The van der Waals surface area contributed by atoms with Crippen LogP contribution in [0.1, 0.15) is 284 Å². The van der Waals surface area contributed by atoms with Gasteiger partial charge in [0.15, 0.2) is 0 Å². The molecule has 3 rings (SSSR count). The van der Waals surface area contributed by atoms with Crippen LogP contribution in [0.2, 0.25) is 0 Å². The van der Waals surface area contributed by atoms with Crippen molar-refractivity contribution in [3.8, 4) is 0 Å². The van der Waals surface area contributed by atoms with Crippen molar-refractivity contribution >= 4 is 17.9 Å². The lowest BCUT2D eigenvalue weighted by Gasteiger charge is -2.26. The molecule has 0 bridgehead atoms. The van der Waals surface area contributed by atoms with E-state index < -0.39 is 36.7 Å². The van der Waals surface area contributed by atoms with E-state index in [1.54, 1.807) is 0 Å². The molecule has 3 saturated carbocycles. The van der Waals surface area contributed by atoms with E-state index in [1.165, 1.54) is 250 Å². The standard InChI is InChI=1S/3C17H35N.C6H8O6/c3*1-16-11-10-13-17(15-16)12-8-6-4-2-3-5-7-9-14-18;7-4(8)1-3(6(11)12)2-5(9)10/h3*16-17H,2-15,18H2,1H3;3H,1-2H2,(H,7,8)(H,9,10)(H,11,12). The van der Waals surface area contributed by atoms with Crippen LogP contribution in [0.25, 0.3) is 0 Å². The lowest BCUT2D eigenvalue weighted by atomic mass is 9.80. The number of aliphatic carboxylic acids is 3. The van der Waals surface area contributed by atoms with Gasteiger partial charge in [-0.1, -0.05) is 233 Å². The summed E-state index contributed by atoms with van der Waals surface area (Å²) >= 11 is 0. The van der Waals surface area contributed by atoms with Gasteiger partial charge in [0.05, 0.1) is 18.8 Å². The molecule has 3 aliphatic carbocycles. The fourth-order valence-corrected chi connectivity index (χ4v) is 11.0. The van der Waals surface area contributed by atoms with Crippen LogP contribution in [0, 0.1) is 41.4 Å². The molecule has 9 heteroatoms. The maximum absolute atomic E-state index is 10.2. The second kappa shape index (κ2) is 47.0. The zero-order chi connectivity index (χ0) is 48.9. The van der Waals surface area contributed by atoms with Crippen molar-refractivity contribution < 1.29 is 29.7 Å². The average Bonchev–Trinajstić information content (AvgIpc) is 3.27. The normalized spacial score (nSPS) is 21.7. The molecule has 0 aromatic rings. The number of carbonyl (C=O) groups is 3.